The van der Waals surface area contributed by atoms with Crippen LogP contribution in [0.4, 0.5) is 23.7 Å². The summed E-state index contributed by atoms with van der Waals surface area (Å²) in [6.07, 6.45) is -0.461. The molecule has 0 aromatic heterocycles. The molecule has 1 aliphatic rings. The number of methoxy groups -OCH3 is 1. The average Bonchev–Trinajstić information content (AvgIpc) is 2.65. The molecule has 2 aromatic rings. The van der Waals surface area contributed by atoms with E-state index in [2.05, 4.69) is 15.4 Å². The van der Waals surface area contributed by atoms with Crippen LogP contribution in [-0.4, -0.2) is 25.7 Å². The van der Waals surface area contributed by atoms with Crippen molar-refractivity contribution in [2.24, 2.45) is 0 Å². The third kappa shape index (κ3) is 3.81. The normalized spacial score (nSPS) is 15.3. The van der Waals surface area contributed by atoms with Crippen LogP contribution in [0.15, 0.2) is 30.3 Å². The number of amides is 2. The van der Waals surface area contributed by atoms with Crippen molar-refractivity contribution in [1.82, 2.24) is 5.32 Å². The number of nitrogens with one attached hydrogen (secondary N) is 2. The predicted octanol–water partition coefficient (Wildman–Crippen LogP) is 3.54. The Balaban J connectivity index is 1.92. The Labute approximate surface area is 152 Å². The number of ether oxygens (including phenoxy) is 2. The quantitative estimate of drug-likeness (QED) is 0.854. The Morgan fingerprint density at radius 2 is 1.85 bits per heavy atom. The number of carbonyl (C=O) groups excluding carboxylic acids is 2. The Morgan fingerprint density at radius 3 is 2.56 bits per heavy atom. The van der Waals surface area contributed by atoms with Gasteiger partial charge in [0.25, 0.3) is 5.91 Å². The van der Waals surface area contributed by atoms with E-state index in [1.54, 1.807) is 0 Å². The molecule has 0 radical (unpaired) electrons. The number of hydrogen-bond acceptors (Lipinski definition) is 4. The first-order valence-corrected chi connectivity index (χ1v) is 7.96. The van der Waals surface area contributed by atoms with Crippen molar-refractivity contribution < 1.29 is 32.2 Å². The minimum absolute atomic E-state index is 0.00695. The van der Waals surface area contributed by atoms with Crippen LogP contribution < -0.4 is 15.4 Å². The van der Waals surface area contributed by atoms with Gasteiger partial charge in [-0.15, -0.1) is 0 Å². The zero-order valence-electron chi connectivity index (χ0n) is 14.1. The summed E-state index contributed by atoms with van der Waals surface area (Å²) < 4.78 is 50.7. The van der Waals surface area contributed by atoms with Crippen molar-refractivity contribution in [2.45, 2.75) is 12.5 Å². The van der Waals surface area contributed by atoms with E-state index in [1.807, 2.05) is 0 Å². The van der Waals surface area contributed by atoms with E-state index in [1.165, 1.54) is 19.2 Å². The number of fused-ring (bicyclic) bond motifs is 1. The Bertz CT molecular complexity index is 904. The number of hydrogen-bond donors (Lipinski definition) is 2. The lowest BCUT2D eigenvalue weighted by atomic mass is 9.96. The molecule has 2 aromatic carbocycles. The lowest BCUT2D eigenvalue weighted by Crippen LogP contribution is -2.33. The van der Waals surface area contributed by atoms with Crippen LogP contribution in [0, 0.1) is 17.5 Å². The van der Waals surface area contributed by atoms with Gasteiger partial charge in [-0.2, -0.15) is 0 Å². The summed E-state index contributed by atoms with van der Waals surface area (Å²) in [5.41, 5.74) is 0.0362. The van der Waals surface area contributed by atoms with E-state index in [9.17, 15) is 22.8 Å². The van der Waals surface area contributed by atoms with Gasteiger partial charge in [-0.3, -0.25) is 4.79 Å². The van der Waals surface area contributed by atoms with Gasteiger partial charge >= 0.3 is 6.09 Å². The summed E-state index contributed by atoms with van der Waals surface area (Å²) in [4.78, 5) is 24.0. The lowest BCUT2D eigenvalue weighted by molar-refractivity contribution is 0.102. The summed E-state index contributed by atoms with van der Waals surface area (Å²) in [5, 5.41) is 4.89. The highest BCUT2D eigenvalue weighted by Gasteiger charge is 2.30. The van der Waals surface area contributed by atoms with Crippen LogP contribution in [-0.2, 0) is 4.74 Å². The highest BCUT2D eigenvalue weighted by Crippen LogP contribution is 2.37. The molecule has 0 spiro atoms. The molecule has 9 heteroatoms. The first kappa shape index (κ1) is 18.6. The van der Waals surface area contributed by atoms with Gasteiger partial charge < -0.3 is 20.1 Å². The highest BCUT2D eigenvalue weighted by atomic mass is 19.2. The summed E-state index contributed by atoms with van der Waals surface area (Å²) in [6, 6.07) is 4.43. The van der Waals surface area contributed by atoms with Crippen LogP contribution in [0.2, 0.25) is 0 Å². The first-order chi connectivity index (χ1) is 12.9. The molecular formula is C18H15F3N2O4. The number of alkyl carbamates (subject to hydrolysis) is 1. The first-order valence-electron chi connectivity index (χ1n) is 7.96. The second kappa shape index (κ2) is 7.56. The van der Waals surface area contributed by atoms with Gasteiger partial charge in [-0.25, -0.2) is 18.0 Å². The van der Waals surface area contributed by atoms with E-state index in [0.29, 0.717) is 0 Å². The van der Waals surface area contributed by atoms with E-state index < -0.39 is 35.5 Å². The van der Waals surface area contributed by atoms with Gasteiger partial charge in [0.1, 0.15) is 11.6 Å². The van der Waals surface area contributed by atoms with Crippen molar-refractivity contribution in [3.05, 3.63) is 58.9 Å². The number of halogens is 3. The minimum Gasteiger partial charge on any atom is -0.492 e. The molecule has 6 nitrogen and oxygen atoms in total. The summed E-state index contributed by atoms with van der Waals surface area (Å²) in [6.45, 7) is 0.135. The zero-order chi connectivity index (χ0) is 19.6. The average molecular weight is 380 g/mol. The molecule has 2 amide bonds. The maximum Gasteiger partial charge on any atom is 0.407 e. The smallest absolute Gasteiger partial charge is 0.407 e. The number of benzene rings is 2. The molecule has 142 valence electrons. The van der Waals surface area contributed by atoms with Crippen LogP contribution >= 0.6 is 0 Å². The molecule has 2 N–H and O–H groups in total. The minimum atomic E-state index is -1.12. The Hall–Kier alpha value is -3.23. The molecule has 1 atom stereocenters. The molecule has 1 aliphatic heterocycles. The second-order valence-electron chi connectivity index (χ2n) is 5.75. The van der Waals surface area contributed by atoms with Gasteiger partial charge in [0.05, 0.1) is 30.9 Å². The second-order valence-corrected chi connectivity index (χ2v) is 5.75. The summed E-state index contributed by atoms with van der Waals surface area (Å²) in [5.74, 6) is -3.55. The monoisotopic (exact) mass is 380 g/mol. The maximum atomic E-state index is 14.3. The fraction of sp³-hybridized carbons (Fsp3) is 0.222. The van der Waals surface area contributed by atoms with E-state index in [-0.39, 0.29) is 35.6 Å². The molecule has 1 heterocycles. The zero-order valence-corrected chi connectivity index (χ0v) is 14.1. The standard InChI is InChI=1S/C18H15F3N2O4/c1-26-18(25)23-14-6-7-27-16-10(3-5-12(20)15(14)16)17(24)22-9-2-4-11(19)13(21)8-9/h2-5,8,14H,6-7H2,1H3,(H,22,24)(H,23,25). The molecule has 1 unspecified atom stereocenters. The van der Waals surface area contributed by atoms with Gasteiger partial charge in [0.2, 0.25) is 0 Å². The van der Waals surface area contributed by atoms with Crippen molar-refractivity contribution >= 4 is 17.7 Å². The Morgan fingerprint density at radius 1 is 1.11 bits per heavy atom. The van der Waals surface area contributed by atoms with E-state index in [0.717, 1.165) is 18.2 Å². The number of anilines is 1. The molecule has 0 aliphatic carbocycles. The SMILES string of the molecule is COC(=O)NC1CCOc2c(C(=O)Nc3ccc(F)c(F)c3)ccc(F)c21. The van der Waals surface area contributed by atoms with Crippen molar-refractivity contribution in [3.63, 3.8) is 0 Å². The third-order valence-corrected chi connectivity index (χ3v) is 4.04. The van der Waals surface area contributed by atoms with E-state index >= 15 is 0 Å². The van der Waals surface area contributed by atoms with Crippen molar-refractivity contribution in [1.29, 1.82) is 0 Å². The largest absolute Gasteiger partial charge is 0.492 e. The molecule has 3 rings (SSSR count). The fourth-order valence-electron chi connectivity index (χ4n) is 2.78. The lowest BCUT2D eigenvalue weighted by Gasteiger charge is -2.28. The highest BCUT2D eigenvalue weighted by molar-refractivity contribution is 6.06. The topological polar surface area (TPSA) is 76.7 Å². The van der Waals surface area contributed by atoms with Gasteiger partial charge in [-0.05, 0) is 24.3 Å². The van der Waals surface area contributed by atoms with Crippen LogP contribution in [0.25, 0.3) is 0 Å². The fourth-order valence-corrected chi connectivity index (χ4v) is 2.78. The van der Waals surface area contributed by atoms with Gasteiger partial charge in [-0.1, -0.05) is 0 Å². The van der Waals surface area contributed by atoms with Crippen LogP contribution in [0.3, 0.4) is 0 Å². The summed E-state index contributed by atoms with van der Waals surface area (Å²) >= 11 is 0. The summed E-state index contributed by atoms with van der Waals surface area (Å²) in [7, 11) is 1.18. The van der Waals surface area contributed by atoms with Crippen LogP contribution in [0.5, 0.6) is 5.75 Å². The molecule has 0 fully saturated rings. The molecule has 0 bridgehead atoms. The van der Waals surface area contributed by atoms with E-state index in [4.69, 9.17) is 4.74 Å². The molecule has 0 saturated heterocycles. The van der Waals surface area contributed by atoms with Crippen molar-refractivity contribution in [3.8, 4) is 5.75 Å². The van der Waals surface area contributed by atoms with Gasteiger partial charge in [0, 0.05) is 18.2 Å². The molecule has 0 saturated carbocycles. The molecule has 27 heavy (non-hydrogen) atoms. The van der Waals surface area contributed by atoms with Crippen LogP contribution in [0.1, 0.15) is 28.4 Å². The van der Waals surface area contributed by atoms with Gasteiger partial charge in [0.15, 0.2) is 11.6 Å². The predicted molar refractivity (Wildman–Crippen MR) is 89.1 cm³/mol. The molecular weight excluding hydrogens is 365 g/mol. The Kier molecular flexibility index (Phi) is 5.20. The maximum absolute atomic E-state index is 14.3. The number of carbonyl (C=O) groups is 2. The third-order valence-electron chi connectivity index (χ3n) is 4.04. The number of rotatable bonds is 3. The van der Waals surface area contributed by atoms with Crippen molar-refractivity contribution in [2.75, 3.05) is 19.0 Å².